The van der Waals surface area contributed by atoms with Gasteiger partial charge < -0.3 is 4.74 Å². The number of aryl methyl sites for hydroxylation is 1. The van der Waals surface area contributed by atoms with Crippen LogP contribution in [0.1, 0.15) is 120 Å². The Bertz CT molecular complexity index is 980. The summed E-state index contributed by atoms with van der Waals surface area (Å²) in [6.07, 6.45) is 14.9. The summed E-state index contributed by atoms with van der Waals surface area (Å²) in [7, 11) is 0. The fourth-order valence-electron chi connectivity index (χ4n) is 5.35. The van der Waals surface area contributed by atoms with Gasteiger partial charge in [0.2, 0.25) is 0 Å². The van der Waals surface area contributed by atoms with Crippen molar-refractivity contribution in [3.8, 4) is 11.8 Å². The van der Waals surface area contributed by atoms with E-state index in [1.54, 1.807) is 6.07 Å². The summed E-state index contributed by atoms with van der Waals surface area (Å²) >= 11 is 0. The minimum atomic E-state index is -0.186. The molecule has 0 spiro atoms. The number of nitriles is 1. The monoisotopic (exact) mass is 487 g/mol. The van der Waals surface area contributed by atoms with E-state index in [0.717, 1.165) is 44.1 Å². The molecule has 1 saturated carbocycles. The topological polar surface area (TPSA) is 50.1 Å². The van der Waals surface area contributed by atoms with Gasteiger partial charge in [-0.3, -0.25) is 4.79 Å². The second-order valence-electron chi connectivity index (χ2n) is 10.9. The van der Waals surface area contributed by atoms with Crippen LogP contribution in [-0.2, 0) is 17.6 Å². The first-order valence-corrected chi connectivity index (χ1v) is 14.4. The van der Waals surface area contributed by atoms with Crippen molar-refractivity contribution in [2.45, 2.75) is 110 Å². The largest absolute Gasteiger partial charge is 0.425 e. The third kappa shape index (κ3) is 8.51. The summed E-state index contributed by atoms with van der Waals surface area (Å²) in [5.74, 6) is 1.22. The van der Waals surface area contributed by atoms with Crippen molar-refractivity contribution in [3.63, 3.8) is 0 Å². The van der Waals surface area contributed by atoms with Gasteiger partial charge in [-0.05, 0) is 85.6 Å². The first-order chi connectivity index (χ1) is 17.5. The Morgan fingerprint density at radius 1 is 0.944 bits per heavy atom. The highest BCUT2D eigenvalue weighted by Crippen LogP contribution is 2.37. The molecule has 1 fully saturated rings. The van der Waals surface area contributed by atoms with Gasteiger partial charge in [0, 0.05) is 0 Å². The van der Waals surface area contributed by atoms with Crippen LogP contribution < -0.4 is 4.74 Å². The Balaban J connectivity index is 1.46. The van der Waals surface area contributed by atoms with Gasteiger partial charge in [-0.2, -0.15) is 5.26 Å². The average Bonchev–Trinajstić information content (AvgIpc) is 2.91. The Kier molecular flexibility index (Phi) is 11.5. The molecule has 3 heteroatoms. The Labute approximate surface area is 219 Å². The minimum Gasteiger partial charge on any atom is -0.425 e. The van der Waals surface area contributed by atoms with Gasteiger partial charge in [-0.15, -0.1) is 0 Å². The molecule has 1 atom stereocenters. The van der Waals surface area contributed by atoms with Gasteiger partial charge in [0.25, 0.3) is 0 Å². The van der Waals surface area contributed by atoms with E-state index in [-0.39, 0.29) is 11.9 Å². The number of rotatable bonds is 13. The molecule has 1 aliphatic rings. The molecule has 0 aromatic heterocycles. The highest BCUT2D eigenvalue weighted by molar-refractivity contribution is 5.76. The lowest BCUT2D eigenvalue weighted by Gasteiger charge is -2.27. The quantitative estimate of drug-likeness (QED) is 0.161. The zero-order chi connectivity index (χ0) is 25.8. The predicted octanol–water partition coefficient (Wildman–Crippen LogP) is 8.93. The first-order valence-electron chi connectivity index (χ1n) is 14.4. The smallest absolute Gasteiger partial charge is 0.314 e. The number of carbonyl (C=O) groups is 1. The summed E-state index contributed by atoms with van der Waals surface area (Å²) in [6, 6.07) is 17.1. The second kappa shape index (κ2) is 14.8. The van der Waals surface area contributed by atoms with Crippen molar-refractivity contribution in [2.24, 2.45) is 11.8 Å². The number of ether oxygens (including phenoxy) is 1. The third-order valence-corrected chi connectivity index (χ3v) is 7.99. The van der Waals surface area contributed by atoms with Gasteiger partial charge in [0.15, 0.2) is 0 Å². The van der Waals surface area contributed by atoms with Crippen LogP contribution in [0, 0.1) is 23.2 Å². The molecule has 0 amide bonds. The molecule has 36 heavy (non-hydrogen) atoms. The molecule has 0 saturated heterocycles. The molecule has 0 bridgehead atoms. The molecule has 194 valence electrons. The van der Waals surface area contributed by atoms with Gasteiger partial charge in [0.05, 0.1) is 11.5 Å². The normalized spacial score (nSPS) is 18.4. The van der Waals surface area contributed by atoms with E-state index in [4.69, 9.17) is 4.74 Å². The molecule has 2 aromatic rings. The summed E-state index contributed by atoms with van der Waals surface area (Å²) in [6.45, 7) is 6.65. The van der Waals surface area contributed by atoms with Crippen LogP contribution in [0.15, 0.2) is 42.5 Å². The highest BCUT2D eigenvalue weighted by atomic mass is 16.5. The number of carbonyl (C=O) groups excluding carboxylic acids is 1. The standard InChI is InChI=1S/C33H45NO2/c1-4-6-7-8-9-10-11-26-12-15-28(16-13-26)29-17-19-30(20-18-29)33(35)36-32-21-14-27(22-25(3)5-2)23-31(32)24-34/h12-16,21,23,25,29-30H,4-11,17-20,22H2,1-3H3. The Hall–Kier alpha value is -2.60. The number of hydrogen-bond donors (Lipinski definition) is 0. The van der Waals surface area contributed by atoms with Crippen molar-refractivity contribution < 1.29 is 9.53 Å². The average molecular weight is 488 g/mol. The van der Waals surface area contributed by atoms with Crippen LogP contribution >= 0.6 is 0 Å². The maximum Gasteiger partial charge on any atom is 0.314 e. The second-order valence-corrected chi connectivity index (χ2v) is 10.9. The number of esters is 1. The van der Waals surface area contributed by atoms with Crippen LogP contribution in [0.25, 0.3) is 0 Å². The number of benzene rings is 2. The molecule has 3 rings (SSSR count). The number of hydrogen-bond acceptors (Lipinski definition) is 3. The van der Waals surface area contributed by atoms with Gasteiger partial charge in [0.1, 0.15) is 11.8 Å². The maximum atomic E-state index is 12.9. The molecule has 3 nitrogen and oxygen atoms in total. The van der Waals surface area contributed by atoms with Crippen molar-refractivity contribution in [1.29, 1.82) is 5.26 Å². The van der Waals surface area contributed by atoms with Gasteiger partial charge in [-0.25, -0.2) is 0 Å². The minimum absolute atomic E-state index is 0.0837. The van der Waals surface area contributed by atoms with Crippen molar-refractivity contribution >= 4 is 5.97 Å². The highest BCUT2D eigenvalue weighted by Gasteiger charge is 2.29. The SMILES string of the molecule is CCCCCCCCc1ccc(C2CCC(C(=O)Oc3ccc(CC(C)CC)cc3C#N)CC2)cc1. The van der Waals surface area contributed by atoms with Crippen LogP contribution in [-0.4, -0.2) is 5.97 Å². The first kappa shape index (κ1) is 28.0. The number of unbranched alkanes of at least 4 members (excludes halogenated alkanes) is 5. The zero-order valence-electron chi connectivity index (χ0n) is 22.7. The molecule has 2 aromatic carbocycles. The van der Waals surface area contributed by atoms with Crippen LogP contribution in [0.4, 0.5) is 0 Å². The van der Waals surface area contributed by atoms with Crippen LogP contribution in [0.5, 0.6) is 5.75 Å². The maximum absolute atomic E-state index is 12.9. The Morgan fingerprint density at radius 3 is 2.28 bits per heavy atom. The van der Waals surface area contributed by atoms with Crippen molar-refractivity contribution in [3.05, 3.63) is 64.7 Å². The summed E-state index contributed by atoms with van der Waals surface area (Å²) in [5.41, 5.74) is 4.42. The van der Waals surface area contributed by atoms with E-state index in [0.29, 0.717) is 23.1 Å². The van der Waals surface area contributed by atoms with E-state index >= 15 is 0 Å². The predicted molar refractivity (Wildman–Crippen MR) is 148 cm³/mol. The molecule has 1 aliphatic carbocycles. The van der Waals surface area contributed by atoms with E-state index in [1.165, 1.54) is 56.1 Å². The molecular formula is C33H45NO2. The summed E-state index contributed by atoms with van der Waals surface area (Å²) < 4.78 is 5.73. The van der Waals surface area contributed by atoms with Crippen LogP contribution in [0.3, 0.4) is 0 Å². The lowest BCUT2D eigenvalue weighted by Crippen LogP contribution is -2.25. The van der Waals surface area contributed by atoms with Crippen molar-refractivity contribution in [2.75, 3.05) is 0 Å². The third-order valence-electron chi connectivity index (χ3n) is 7.99. The van der Waals surface area contributed by atoms with E-state index in [9.17, 15) is 10.1 Å². The molecule has 0 N–H and O–H groups in total. The lowest BCUT2D eigenvalue weighted by atomic mass is 9.78. The summed E-state index contributed by atoms with van der Waals surface area (Å²) in [5, 5.41) is 9.59. The van der Waals surface area contributed by atoms with Crippen LogP contribution in [0.2, 0.25) is 0 Å². The van der Waals surface area contributed by atoms with Crippen molar-refractivity contribution in [1.82, 2.24) is 0 Å². The molecule has 0 radical (unpaired) electrons. The summed E-state index contributed by atoms with van der Waals surface area (Å²) in [4.78, 5) is 12.9. The fourth-order valence-corrected chi connectivity index (χ4v) is 5.35. The van der Waals surface area contributed by atoms with Gasteiger partial charge in [-0.1, -0.05) is 89.6 Å². The fraction of sp³-hybridized carbons (Fsp3) is 0.576. The molecule has 1 unspecified atom stereocenters. The van der Waals surface area contributed by atoms with E-state index in [1.807, 2.05) is 12.1 Å². The molecule has 0 aliphatic heterocycles. The zero-order valence-corrected chi connectivity index (χ0v) is 22.7. The lowest BCUT2D eigenvalue weighted by molar-refractivity contribution is -0.140. The van der Waals surface area contributed by atoms with E-state index in [2.05, 4.69) is 51.1 Å². The molecule has 0 heterocycles. The number of nitrogens with zero attached hydrogens (tertiary/aromatic N) is 1. The van der Waals surface area contributed by atoms with E-state index < -0.39 is 0 Å². The Morgan fingerprint density at radius 2 is 1.61 bits per heavy atom. The molecular weight excluding hydrogens is 442 g/mol. The van der Waals surface area contributed by atoms with Gasteiger partial charge >= 0.3 is 5.97 Å².